The summed E-state index contributed by atoms with van der Waals surface area (Å²) >= 11 is 0. The summed E-state index contributed by atoms with van der Waals surface area (Å²) in [5.41, 5.74) is 0. The summed E-state index contributed by atoms with van der Waals surface area (Å²) in [6.07, 6.45) is 5.22. The third-order valence-electron chi connectivity index (χ3n) is 5.34. The van der Waals surface area contributed by atoms with E-state index >= 15 is 0 Å². The first kappa shape index (κ1) is 20.8. The molecule has 0 spiro atoms. The van der Waals surface area contributed by atoms with Gasteiger partial charge in [0, 0.05) is 12.1 Å². The number of allylic oxidation sites excluding steroid dienone is 2. The van der Waals surface area contributed by atoms with E-state index in [4.69, 9.17) is 4.74 Å². The smallest absolute Gasteiger partial charge is 0.329 e. The SMILES string of the molecule is CC(C)n1nccc1NC(=O)[C@H](C)OC(=O)[C@H](C)N1C(=O)[C@H]2CC=CC[C@@H]2C1=O. The monoisotopic (exact) mass is 402 g/mol. The molecular formula is C20H26N4O5. The highest BCUT2D eigenvalue weighted by Crippen LogP contribution is 2.36. The molecule has 1 N–H and O–H groups in total. The van der Waals surface area contributed by atoms with E-state index in [1.807, 2.05) is 26.0 Å². The molecular weight excluding hydrogens is 376 g/mol. The van der Waals surface area contributed by atoms with Crippen molar-refractivity contribution in [3.8, 4) is 0 Å². The first-order chi connectivity index (χ1) is 13.7. The molecule has 3 amide bonds. The molecule has 1 saturated heterocycles. The lowest BCUT2D eigenvalue weighted by molar-refractivity contribution is -0.163. The van der Waals surface area contributed by atoms with Crippen molar-refractivity contribution in [1.82, 2.24) is 14.7 Å². The molecule has 9 nitrogen and oxygen atoms in total. The summed E-state index contributed by atoms with van der Waals surface area (Å²) in [5, 5.41) is 6.80. The van der Waals surface area contributed by atoms with Crippen LogP contribution >= 0.6 is 0 Å². The maximum Gasteiger partial charge on any atom is 0.329 e. The van der Waals surface area contributed by atoms with E-state index in [1.165, 1.54) is 13.8 Å². The molecule has 0 aromatic carbocycles. The third-order valence-corrected chi connectivity index (χ3v) is 5.34. The Morgan fingerprint density at radius 1 is 1.10 bits per heavy atom. The second-order valence-corrected chi connectivity index (χ2v) is 7.70. The van der Waals surface area contributed by atoms with E-state index in [0.717, 1.165) is 4.90 Å². The number of carbonyl (C=O) groups excluding carboxylic acids is 4. The highest BCUT2D eigenvalue weighted by atomic mass is 16.5. The van der Waals surface area contributed by atoms with Gasteiger partial charge < -0.3 is 10.1 Å². The maximum absolute atomic E-state index is 12.6. The molecule has 29 heavy (non-hydrogen) atoms. The normalized spacial score (nSPS) is 23.1. The Hall–Kier alpha value is -2.97. The van der Waals surface area contributed by atoms with Gasteiger partial charge in [-0.25, -0.2) is 9.48 Å². The zero-order valence-corrected chi connectivity index (χ0v) is 17.0. The van der Waals surface area contributed by atoms with E-state index in [2.05, 4.69) is 10.4 Å². The number of ether oxygens (including phenoxy) is 1. The molecule has 2 heterocycles. The highest BCUT2D eigenvalue weighted by Gasteiger charge is 2.50. The van der Waals surface area contributed by atoms with Gasteiger partial charge >= 0.3 is 5.97 Å². The van der Waals surface area contributed by atoms with Crippen molar-refractivity contribution in [2.24, 2.45) is 11.8 Å². The average Bonchev–Trinajstić information content (AvgIpc) is 3.24. The third kappa shape index (κ3) is 3.94. The first-order valence-corrected chi connectivity index (χ1v) is 9.79. The molecule has 1 aromatic rings. The Labute approximate surface area is 169 Å². The van der Waals surface area contributed by atoms with E-state index in [-0.39, 0.29) is 17.9 Å². The predicted octanol–water partition coefficient (Wildman–Crippen LogP) is 1.67. The van der Waals surface area contributed by atoms with Gasteiger partial charge in [-0.05, 0) is 40.5 Å². The van der Waals surface area contributed by atoms with Crippen LogP contribution in [0.5, 0.6) is 0 Å². The van der Waals surface area contributed by atoms with Crippen LogP contribution in [0.1, 0.15) is 46.6 Å². The molecule has 0 bridgehead atoms. The summed E-state index contributed by atoms with van der Waals surface area (Å²) in [6, 6.07) is 0.604. The molecule has 9 heteroatoms. The van der Waals surface area contributed by atoms with Gasteiger partial charge in [0.25, 0.3) is 5.91 Å². The van der Waals surface area contributed by atoms with Gasteiger partial charge in [0.05, 0.1) is 18.0 Å². The summed E-state index contributed by atoms with van der Waals surface area (Å²) in [4.78, 5) is 51.1. The summed E-state index contributed by atoms with van der Waals surface area (Å²) in [6.45, 7) is 6.73. The Kier molecular flexibility index (Phi) is 5.86. The van der Waals surface area contributed by atoms with Gasteiger partial charge in [-0.1, -0.05) is 12.2 Å². The number of nitrogens with zero attached hydrogens (tertiary/aromatic N) is 3. The van der Waals surface area contributed by atoms with E-state index in [0.29, 0.717) is 18.7 Å². The number of anilines is 1. The van der Waals surface area contributed by atoms with Gasteiger partial charge in [-0.15, -0.1) is 0 Å². The topological polar surface area (TPSA) is 111 Å². The van der Waals surface area contributed by atoms with Crippen LogP contribution in [-0.4, -0.2) is 50.5 Å². The van der Waals surface area contributed by atoms with E-state index in [1.54, 1.807) is 16.9 Å². The van der Waals surface area contributed by atoms with Gasteiger partial charge in [-0.2, -0.15) is 5.10 Å². The zero-order valence-electron chi connectivity index (χ0n) is 17.0. The lowest BCUT2D eigenvalue weighted by Crippen LogP contribution is -2.46. The lowest BCUT2D eigenvalue weighted by atomic mass is 9.85. The molecule has 4 atom stereocenters. The Balaban J connectivity index is 1.62. The van der Waals surface area contributed by atoms with Gasteiger partial charge in [0.2, 0.25) is 11.8 Å². The number of imide groups is 1. The van der Waals surface area contributed by atoms with Crippen LogP contribution in [0.4, 0.5) is 5.82 Å². The number of hydrogen-bond acceptors (Lipinski definition) is 6. The van der Waals surface area contributed by atoms with Crippen LogP contribution in [0.3, 0.4) is 0 Å². The van der Waals surface area contributed by atoms with Crippen molar-refractivity contribution in [2.45, 2.75) is 58.7 Å². The molecule has 1 aromatic heterocycles. The fourth-order valence-corrected chi connectivity index (χ4v) is 3.69. The van der Waals surface area contributed by atoms with Crippen LogP contribution in [-0.2, 0) is 23.9 Å². The van der Waals surface area contributed by atoms with Crippen molar-refractivity contribution in [2.75, 3.05) is 5.32 Å². The second-order valence-electron chi connectivity index (χ2n) is 7.70. The standard InChI is InChI=1S/C20H26N4O5/c1-11(2)24-16(9-10-21-24)22-17(25)13(4)29-20(28)12(3)23-18(26)14-7-5-6-8-15(14)19(23)27/h5-6,9-15H,7-8H2,1-4H3,(H,22,25)/t12-,13-,14-,15-/m0/s1. The Morgan fingerprint density at radius 2 is 1.69 bits per heavy atom. The van der Waals surface area contributed by atoms with Crippen LogP contribution in [0, 0.1) is 11.8 Å². The van der Waals surface area contributed by atoms with Crippen molar-refractivity contribution >= 4 is 29.5 Å². The number of rotatable bonds is 6. The Morgan fingerprint density at radius 3 is 2.24 bits per heavy atom. The lowest BCUT2D eigenvalue weighted by Gasteiger charge is -2.23. The molecule has 0 unspecified atom stereocenters. The van der Waals surface area contributed by atoms with Crippen LogP contribution in [0.15, 0.2) is 24.4 Å². The van der Waals surface area contributed by atoms with Crippen LogP contribution in [0.2, 0.25) is 0 Å². The van der Waals surface area contributed by atoms with Crippen molar-refractivity contribution in [3.63, 3.8) is 0 Å². The quantitative estimate of drug-likeness (QED) is 0.440. The summed E-state index contributed by atoms with van der Waals surface area (Å²) in [5.74, 6) is -2.37. The van der Waals surface area contributed by atoms with Crippen LogP contribution in [0.25, 0.3) is 0 Å². The molecule has 2 aliphatic rings. The highest BCUT2D eigenvalue weighted by molar-refractivity contribution is 6.08. The fourth-order valence-electron chi connectivity index (χ4n) is 3.69. The van der Waals surface area contributed by atoms with Gasteiger partial charge in [-0.3, -0.25) is 19.3 Å². The van der Waals surface area contributed by atoms with E-state index in [9.17, 15) is 19.2 Å². The van der Waals surface area contributed by atoms with Gasteiger partial charge in [0.15, 0.2) is 6.10 Å². The number of carbonyl (C=O) groups is 4. The summed E-state index contributed by atoms with van der Waals surface area (Å²) < 4.78 is 6.87. The van der Waals surface area contributed by atoms with E-state index < -0.39 is 35.9 Å². The number of likely N-dealkylation sites (tertiary alicyclic amines) is 1. The predicted molar refractivity (Wildman–Crippen MR) is 103 cm³/mol. The largest absolute Gasteiger partial charge is 0.451 e. The summed E-state index contributed by atoms with van der Waals surface area (Å²) in [7, 11) is 0. The average molecular weight is 402 g/mol. The van der Waals surface area contributed by atoms with Crippen molar-refractivity contribution in [3.05, 3.63) is 24.4 Å². The Bertz CT molecular complexity index is 833. The number of hydrogen-bond donors (Lipinski definition) is 1. The zero-order chi connectivity index (χ0) is 21.3. The minimum atomic E-state index is -1.10. The molecule has 1 aliphatic carbocycles. The molecule has 3 rings (SSSR count). The molecule has 1 fully saturated rings. The first-order valence-electron chi connectivity index (χ1n) is 9.79. The number of esters is 1. The molecule has 0 radical (unpaired) electrons. The number of amides is 3. The minimum Gasteiger partial charge on any atom is -0.451 e. The minimum absolute atomic E-state index is 0.0448. The van der Waals surface area contributed by atoms with Crippen LogP contribution < -0.4 is 5.32 Å². The maximum atomic E-state index is 12.6. The molecule has 156 valence electrons. The number of nitrogens with one attached hydrogen (secondary N) is 1. The number of aromatic nitrogens is 2. The van der Waals surface area contributed by atoms with Crippen molar-refractivity contribution < 1.29 is 23.9 Å². The second kappa shape index (κ2) is 8.18. The molecule has 1 aliphatic heterocycles. The van der Waals surface area contributed by atoms with Crippen molar-refractivity contribution in [1.29, 1.82) is 0 Å². The van der Waals surface area contributed by atoms with Gasteiger partial charge in [0.1, 0.15) is 11.9 Å². The molecule has 0 saturated carbocycles. The fraction of sp³-hybridized carbons (Fsp3) is 0.550. The number of fused-ring (bicyclic) bond motifs is 1.